The van der Waals surface area contributed by atoms with E-state index < -0.39 is 81.6 Å². The van der Waals surface area contributed by atoms with Crippen LogP contribution >= 0.6 is 0 Å². The van der Waals surface area contributed by atoms with Crippen LogP contribution in [0.1, 0.15) is 35.7 Å². The van der Waals surface area contributed by atoms with Crippen molar-refractivity contribution < 1.29 is 39.9 Å². The lowest BCUT2D eigenvalue weighted by Gasteiger charge is -2.56. The van der Waals surface area contributed by atoms with Gasteiger partial charge in [0.05, 0.1) is 11.5 Å². The molecule has 0 bridgehead atoms. The Morgan fingerprint density at radius 2 is 2.00 bits per heavy atom. The van der Waals surface area contributed by atoms with Gasteiger partial charge in [-0.25, -0.2) is 0 Å². The van der Waals surface area contributed by atoms with Crippen LogP contribution in [-0.4, -0.2) is 49.6 Å². The van der Waals surface area contributed by atoms with Crippen LogP contribution in [0.3, 0.4) is 0 Å². The summed E-state index contributed by atoms with van der Waals surface area (Å²) in [6.45, 7) is 1.34. The maximum Gasteiger partial charge on any atom is 0.255 e. The van der Waals surface area contributed by atoms with Gasteiger partial charge in [0.1, 0.15) is 28.7 Å². The highest BCUT2D eigenvalue weighted by atomic mass is 16.4. The molecule has 0 radical (unpaired) electrons. The van der Waals surface area contributed by atoms with Crippen LogP contribution in [0, 0.1) is 23.3 Å². The first-order chi connectivity index (χ1) is 14.9. The Kier molecular flexibility index (Phi) is 4.61. The lowest BCUT2D eigenvalue weighted by atomic mass is 9.51. The minimum absolute atomic E-state index is 0.0185. The summed E-state index contributed by atoms with van der Waals surface area (Å²) in [7, 11) is 0. The minimum Gasteiger partial charge on any atom is -0.870 e. The van der Waals surface area contributed by atoms with Crippen LogP contribution in [0.15, 0.2) is 28.6 Å². The van der Waals surface area contributed by atoms with Crippen LogP contribution < -0.4 is 15.8 Å². The van der Waals surface area contributed by atoms with Crippen molar-refractivity contribution in [3.05, 3.63) is 34.6 Å². The summed E-state index contributed by atoms with van der Waals surface area (Å²) in [5.74, 6) is -8.79. The lowest BCUT2D eigenvalue weighted by molar-refractivity contribution is -0.268. The van der Waals surface area contributed by atoms with Crippen molar-refractivity contribution in [3.8, 4) is 5.75 Å². The van der Waals surface area contributed by atoms with Gasteiger partial charge in [0.25, 0.3) is 5.91 Å². The fourth-order valence-corrected chi connectivity index (χ4v) is 5.50. The number of nitrogens with two attached hydrogens (primary N) is 1. The molecule has 7 N–H and O–H groups in total. The third kappa shape index (κ3) is 2.55. The highest BCUT2D eigenvalue weighted by Crippen LogP contribution is 2.57. The number of benzene rings is 1. The van der Waals surface area contributed by atoms with Crippen LogP contribution in [-0.2, 0) is 15.2 Å². The largest absolute Gasteiger partial charge is 0.870 e. The van der Waals surface area contributed by atoms with E-state index in [2.05, 4.69) is 10.0 Å². The number of nitrogens with one attached hydrogen (secondary N) is 1. The van der Waals surface area contributed by atoms with Crippen LogP contribution in [0.5, 0.6) is 5.75 Å². The third-order valence-corrected chi connectivity index (χ3v) is 7.07. The Morgan fingerprint density at radius 3 is 2.59 bits per heavy atom. The monoisotopic (exact) mass is 444 g/mol. The van der Waals surface area contributed by atoms with Gasteiger partial charge in [-0.3, -0.25) is 14.4 Å². The summed E-state index contributed by atoms with van der Waals surface area (Å²) < 4.78 is 0. The third-order valence-electron chi connectivity index (χ3n) is 7.07. The molecule has 3 aliphatic rings. The topological polar surface area (TPSA) is 232 Å². The van der Waals surface area contributed by atoms with Crippen LogP contribution in [0.2, 0.25) is 0 Å². The number of carbonyl (C=O) groups is 3. The molecule has 6 atom stereocenters. The van der Waals surface area contributed by atoms with E-state index in [1.165, 1.54) is 19.1 Å². The van der Waals surface area contributed by atoms with Crippen molar-refractivity contribution in [1.29, 1.82) is 5.53 Å². The summed E-state index contributed by atoms with van der Waals surface area (Å²) in [6.07, 6.45) is -2.70. The molecule has 0 saturated heterocycles. The molecule has 1 aromatic rings. The number of amides is 1. The van der Waals surface area contributed by atoms with Gasteiger partial charge in [0.2, 0.25) is 4.91 Å². The van der Waals surface area contributed by atoms with Crippen molar-refractivity contribution in [3.63, 3.8) is 0 Å². The van der Waals surface area contributed by atoms with E-state index in [4.69, 9.17) is 11.3 Å². The summed E-state index contributed by atoms with van der Waals surface area (Å²) in [6, 6.07) is 2.51. The van der Waals surface area contributed by atoms with Crippen molar-refractivity contribution in [2.24, 2.45) is 28.6 Å². The maximum atomic E-state index is 13.4. The number of aliphatic hydroxyl groups is 4. The quantitative estimate of drug-likeness (QED) is 0.187. The molecule has 4 rings (SSSR count). The molecule has 3 aliphatic carbocycles. The predicted molar refractivity (Wildman–Crippen MR) is 101 cm³/mol. The minimum atomic E-state index is -2.57. The summed E-state index contributed by atoms with van der Waals surface area (Å²) in [4.78, 5) is 40.2. The molecular weight excluding hydrogens is 424 g/mol. The first kappa shape index (κ1) is 21.8. The van der Waals surface area contributed by atoms with Gasteiger partial charge in [-0.15, -0.1) is 0 Å². The molecule has 168 valence electrons. The fraction of sp³-hybridized carbons (Fsp3) is 0.450. The van der Waals surface area contributed by atoms with Gasteiger partial charge in [-0.1, -0.05) is 11.8 Å². The van der Waals surface area contributed by atoms with E-state index >= 15 is 0 Å². The molecule has 1 fully saturated rings. The molecule has 0 heterocycles. The highest BCUT2D eigenvalue weighted by molar-refractivity contribution is 6.20. The average Bonchev–Trinajstić information content (AvgIpc) is 2.70. The number of primary amides is 1. The Hall–Kier alpha value is -3.44. The normalized spacial score (nSPS) is 36.0. The highest BCUT2D eigenvalue weighted by Gasteiger charge is 2.65. The summed E-state index contributed by atoms with van der Waals surface area (Å²) in [5.41, 5.74) is 5.88. The van der Waals surface area contributed by atoms with Crippen molar-refractivity contribution in [2.45, 2.75) is 37.1 Å². The zero-order valence-electron chi connectivity index (χ0n) is 16.8. The SMILES string of the molecule is C[C@@]1(O)c2ccc(N=[N+]=N)c([O-])c2C(=O)C2C(O)C3(O)C(O)=C(C(N)=O)C(=O)CC3CC21. The second kappa shape index (κ2) is 6.78. The number of aliphatic hydroxyl groups excluding tert-OH is 2. The number of nitrogens with zero attached hydrogens (tertiary/aromatic N) is 2. The molecule has 0 spiro atoms. The summed E-state index contributed by atoms with van der Waals surface area (Å²) in [5, 5.41) is 60.4. The number of rotatable bonds is 2. The molecule has 1 amide bonds. The van der Waals surface area contributed by atoms with Gasteiger partial charge in [0, 0.05) is 23.8 Å². The van der Waals surface area contributed by atoms with Crippen molar-refractivity contribution >= 4 is 23.2 Å². The molecule has 32 heavy (non-hydrogen) atoms. The van der Waals surface area contributed by atoms with E-state index in [0.717, 1.165) is 0 Å². The second-order valence-corrected chi connectivity index (χ2v) is 8.60. The summed E-state index contributed by atoms with van der Waals surface area (Å²) >= 11 is 0. The Balaban J connectivity index is 1.94. The number of carbonyl (C=O) groups excluding carboxylic acids is 3. The van der Waals surface area contributed by atoms with Gasteiger partial charge < -0.3 is 31.3 Å². The number of Topliss-reactive ketones (excluding diaryl/α,β-unsaturated/α-hetero) is 2. The fourth-order valence-electron chi connectivity index (χ4n) is 5.50. The number of ketones is 2. The average molecular weight is 444 g/mol. The van der Waals surface area contributed by atoms with Gasteiger partial charge in [-0.2, -0.15) is 0 Å². The Bertz CT molecular complexity index is 1170. The number of hydrogen-bond donors (Lipinski definition) is 6. The zero-order valence-corrected chi connectivity index (χ0v) is 16.8. The first-order valence-electron chi connectivity index (χ1n) is 9.74. The van der Waals surface area contributed by atoms with Gasteiger partial charge in [0.15, 0.2) is 22.3 Å². The van der Waals surface area contributed by atoms with E-state index in [0.29, 0.717) is 0 Å². The zero-order chi connectivity index (χ0) is 23.7. The van der Waals surface area contributed by atoms with E-state index in [9.17, 15) is 39.9 Å². The van der Waals surface area contributed by atoms with Crippen molar-refractivity contribution in [2.75, 3.05) is 0 Å². The smallest absolute Gasteiger partial charge is 0.255 e. The standard InChI is InChI=1S/C20H20N4O8/c1-19(31)7-2-3-9(23-24-22)14(26)11(7)15(27)12-8(19)4-6-5-10(25)13(18(21)30)17(29)20(6,32)16(12)28/h2-3,6,8,12,16,22,28,31-32H,4-5H2,1H3,(H3,21,25,29,30)/t6?,8?,12?,16?,19-,20?/m1/s1. The van der Waals surface area contributed by atoms with E-state index in [1.807, 2.05) is 0 Å². The lowest BCUT2D eigenvalue weighted by Crippen LogP contribution is -2.67. The van der Waals surface area contributed by atoms with E-state index in [-0.39, 0.29) is 17.7 Å². The van der Waals surface area contributed by atoms with E-state index in [1.54, 1.807) is 0 Å². The predicted octanol–water partition coefficient (Wildman–Crippen LogP) is -1.04. The van der Waals surface area contributed by atoms with Crippen LogP contribution in [0.25, 0.3) is 0 Å². The second-order valence-electron chi connectivity index (χ2n) is 8.60. The molecule has 0 aromatic heterocycles. The van der Waals surface area contributed by atoms with Crippen molar-refractivity contribution in [1.82, 2.24) is 4.91 Å². The molecule has 1 aromatic carbocycles. The van der Waals surface area contributed by atoms with Gasteiger partial charge in [-0.05, 0) is 25.0 Å². The van der Waals surface area contributed by atoms with Gasteiger partial charge >= 0.3 is 0 Å². The number of fused-ring (bicyclic) bond motifs is 3. The first-order valence-corrected chi connectivity index (χ1v) is 9.74. The molecule has 12 nitrogen and oxygen atoms in total. The molecule has 5 unspecified atom stereocenters. The molecular formula is C20H20N4O8. The molecule has 0 aliphatic heterocycles. The van der Waals surface area contributed by atoms with Crippen LogP contribution in [0.4, 0.5) is 5.69 Å². The Morgan fingerprint density at radius 1 is 1.34 bits per heavy atom. The maximum absolute atomic E-state index is 13.4. The molecule has 12 heteroatoms. The Labute approximate surface area is 180 Å². The molecule has 1 saturated carbocycles. The number of hydrogen-bond acceptors (Lipinski definition) is 10.